The Balaban J connectivity index is 3.22. The van der Waals surface area contributed by atoms with Crippen LogP contribution in [0.15, 0.2) is 21.5 Å². The fourth-order valence-electron chi connectivity index (χ4n) is 0.763. The van der Waals surface area contributed by atoms with Crippen LogP contribution in [0, 0.1) is 0 Å². The lowest BCUT2D eigenvalue weighted by molar-refractivity contribution is 1.05. The molecule has 0 fully saturated rings. The molecule has 3 heteroatoms. The van der Waals surface area contributed by atoms with Gasteiger partial charge in [-0.2, -0.15) is 0 Å². The van der Waals surface area contributed by atoms with Gasteiger partial charge in [0, 0.05) is 16.2 Å². The topological polar surface area (TPSA) is 32.9 Å². The maximum absolute atomic E-state index is 10.9. The van der Waals surface area contributed by atoms with Crippen LogP contribution in [-0.4, -0.2) is 4.98 Å². The summed E-state index contributed by atoms with van der Waals surface area (Å²) in [7, 11) is 0. The van der Waals surface area contributed by atoms with Crippen molar-refractivity contribution < 1.29 is 0 Å². The Morgan fingerprint density at radius 2 is 2.40 bits per heavy atom. The first-order valence-corrected chi connectivity index (χ1v) is 3.90. The molecule has 0 bridgehead atoms. The summed E-state index contributed by atoms with van der Waals surface area (Å²) >= 11 is 3.27. The van der Waals surface area contributed by atoms with Crippen LogP contribution in [0.5, 0.6) is 0 Å². The molecule has 54 valence electrons. The van der Waals surface area contributed by atoms with E-state index in [-0.39, 0.29) is 5.56 Å². The monoisotopic (exact) mass is 201 g/mol. The first kappa shape index (κ1) is 7.54. The first-order valence-electron chi connectivity index (χ1n) is 3.11. The number of aromatic amines is 1. The summed E-state index contributed by atoms with van der Waals surface area (Å²) in [4.78, 5) is 13.5. The number of aromatic nitrogens is 1. The summed E-state index contributed by atoms with van der Waals surface area (Å²) < 4.78 is 0.920. The summed E-state index contributed by atoms with van der Waals surface area (Å²) in [5.74, 6) is 0. The molecule has 0 unspecified atom stereocenters. The van der Waals surface area contributed by atoms with Gasteiger partial charge in [-0.25, -0.2) is 0 Å². The maximum Gasteiger partial charge on any atom is 0.251 e. The van der Waals surface area contributed by atoms with Gasteiger partial charge in [-0.15, -0.1) is 0 Å². The Labute approximate surface area is 67.4 Å². The van der Waals surface area contributed by atoms with Crippen LogP contribution in [0.1, 0.15) is 12.5 Å². The molecule has 0 radical (unpaired) electrons. The largest absolute Gasteiger partial charge is 0.328 e. The molecule has 2 nitrogen and oxygen atoms in total. The molecule has 1 aromatic heterocycles. The highest BCUT2D eigenvalue weighted by atomic mass is 79.9. The van der Waals surface area contributed by atoms with Crippen molar-refractivity contribution in [3.8, 4) is 0 Å². The highest BCUT2D eigenvalue weighted by molar-refractivity contribution is 9.10. The summed E-state index contributed by atoms with van der Waals surface area (Å²) in [5.41, 5.74) is 0.820. The van der Waals surface area contributed by atoms with E-state index in [1.165, 1.54) is 0 Å². The van der Waals surface area contributed by atoms with Crippen molar-refractivity contribution in [3.05, 3.63) is 32.7 Å². The standard InChI is InChI=1S/C7H8BrNO/c1-2-5-3-6(8)4-9-7(5)10/h3-4H,2H2,1H3,(H,9,10). The van der Waals surface area contributed by atoms with Crippen LogP contribution in [0.2, 0.25) is 0 Å². The third kappa shape index (κ3) is 1.48. The van der Waals surface area contributed by atoms with E-state index >= 15 is 0 Å². The third-order valence-electron chi connectivity index (χ3n) is 1.33. The molecule has 1 aromatic rings. The maximum atomic E-state index is 10.9. The second kappa shape index (κ2) is 3.01. The average Bonchev–Trinajstić information content (AvgIpc) is 1.94. The predicted molar refractivity (Wildman–Crippen MR) is 44.1 cm³/mol. The molecule has 0 aliphatic heterocycles. The van der Waals surface area contributed by atoms with Gasteiger partial charge in [-0.1, -0.05) is 6.92 Å². The molecule has 1 heterocycles. The van der Waals surface area contributed by atoms with E-state index in [1.54, 1.807) is 6.20 Å². The van der Waals surface area contributed by atoms with Gasteiger partial charge in [-0.05, 0) is 28.4 Å². The molecule has 0 saturated heterocycles. The Morgan fingerprint density at radius 3 is 2.90 bits per heavy atom. The van der Waals surface area contributed by atoms with Crippen molar-refractivity contribution in [1.82, 2.24) is 4.98 Å². The Hall–Kier alpha value is -0.570. The fourth-order valence-corrected chi connectivity index (χ4v) is 1.15. The Kier molecular flexibility index (Phi) is 2.27. The van der Waals surface area contributed by atoms with Crippen LogP contribution in [0.25, 0.3) is 0 Å². The van der Waals surface area contributed by atoms with Crippen LogP contribution < -0.4 is 5.56 Å². The van der Waals surface area contributed by atoms with Crippen molar-refractivity contribution in [2.75, 3.05) is 0 Å². The normalized spacial score (nSPS) is 9.80. The van der Waals surface area contributed by atoms with Crippen LogP contribution >= 0.6 is 15.9 Å². The molecule has 1 N–H and O–H groups in total. The predicted octanol–water partition coefficient (Wildman–Crippen LogP) is 1.70. The molecule has 0 aromatic carbocycles. The van der Waals surface area contributed by atoms with E-state index in [0.717, 1.165) is 16.5 Å². The lowest BCUT2D eigenvalue weighted by atomic mass is 10.2. The van der Waals surface area contributed by atoms with Gasteiger partial charge < -0.3 is 4.98 Å². The van der Waals surface area contributed by atoms with Gasteiger partial charge in [0.15, 0.2) is 0 Å². The summed E-state index contributed by atoms with van der Waals surface area (Å²) in [6.45, 7) is 1.96. The molecule has 0 aliphatic carbocycles. The zero-order valence-corrected chi connectivity index (χ0v) is 7.23. The van der Waals surface area contributed by atoms with Crippen LogP contribution in [0.3, 0.4) is 0 Å². The van der Waals surface area contributed by atoms with Crippen molar-refractivity contribution in [2.45, 2.75) is 13.3 Å². The van der Waals surface area contributed by atoms with Gasteiger partial charge in [0.25, 0.3) is 5.56 Å². The molecule has 10 heavy (non-hydrogen) atoms. The second-order valence-corrected chi connectivity index (χ2v) is 2.94. The van der Waals surface area contributed by atoms with E-state index in [0.29, 0.717) is 0 Å². The zero-order chi connectivity index (χ0) is 7.56. The molecular formula is C7H8BrNO. The minimum absolute atomic E-state index is 0.00528. The molecular weight excluding hydrogens is 194 g/mol. The highest BCUT2D eigenvalue weighted by Gasteiger charge is 1.95. The number of nitrogens with one attached hydrogen (secondary N) is 1. The van der Waals surface area contributed by atoms with E-state index in [2.05, 4.69) is 20.9 Å². The third-order valence-corrected chi connectivity index (χ3v) is 1.78. The number of hydrogen-bond acceptors (Lipinski definition) is 1. The molecule has 0 atom stereocenters. The van der Waals surface area contributed by atoms with E-state index in [1.807, 2.05) is 13.0 Å². The summed E-state index contributed by atoms with van der Waals surface area (Å²) in [5, 5.41) is 0. The minimum Gasteiger partial charge on any atom is -0.328 e. The lowest BCUT2D eigenvalue weighted by Crippen LogP contribution is -2.10. The van der Waals surface area contributed by atoms with Gasteiger partial charge in [0.2, 0.25) is 0 Å². The summed E-state index contributed by atoms with van der Waals surface area (Å²) in [6.07, 6.45) is 2.41. The minimum atomic E-state index is 0.00528. The Morgan fingerprint density at radius 1 is 1.70 bits per heavy atom. The number of H-pyrrole nitrogens is 1. The van der Waals surface area contributed by atoms with Gasteiger partial charge in [-0.3, -0.25) is 4.79 Å². The zero-order valence-electron chi connectivity index (χ0n) is 5.65. The molecule has 0 amide bonds. The van der Waals surface area contributed by atoms with Crippen molar-refractivity contribution in [3.63, 3.8) is 0 Å². The van der Waals surface area contributed by atoms with Crippen LogP contribution in [-0.2, 0) is 6.42 Å². The number of aryl methyl sites for hydroxylation is 1. The van der Waals surface area contributed by atoms with Gasteiger partial charge >= 0.3 is 0 Å². The van der Waals surface area contributed by atoms with E-state index < -0.39 is 0 Å². The van der Waals surface area contributed by atoms with Gasteiger partial charge in [0.05, 0.1) is 0 Å². The van der Waals surface area contributed by atoms with Crippen molar-refractivity contribution in [2.24, 2.45) is 0 Å². The Bertz CT molecular complexity index is 279. The van der Waals surface area contributed by atoms with Crippen molar-refractivity contribution >= 4 is 15.9 Å². The highest BCUT2D eigenvalue weighted by Crippen LogP contribution is 2.06. The fraction of sp³-hybridized carbons (Fsp3) is 0.286. The van der Waals surface area contributed by atoms with E-state index in [4.69, 9.17) is 0 Å². The number of halogens is 1. The summed E-state index contributed by atoms with van der Waals surface area (Å²) in [6, 6.07) is 1.83. The number of rotatable bonds is 1. The number of pyridine rings is 1. The van der Waals surface area contributed by atoms with Crippen LogP contribution in [0.4, 0.5) is 0 Å². The quantitative estimate of drug-likeness (QED) is 0.738. The smallest absolute Gasteiger partial charge is 0.251 e. The molecule has 1 rings (SSSR count). The number of hydrogen-bond donors (Lipinski definition) is 1. The van der Waals surface area contributed by atoms with Gasteiger partial charge in [0.1, 0.15) is 0 Å². The average molecular weight is 202 g/mol. The van der Waals surface area contributed by atoms with E-state index in [9.17, 15) is 4.79 Å². The SMILES string of the molecule is CCc1cc(Br)c[nH]c1=O. The first-order chi connectivity index (χ1) is 4.74. The molecule has 0 saturated carbocycles. The lowest BCUT2D eigenvalue weighted by Gasteiger charge is -1.93. The van der Waals surface area contributed by atoms with Crippen molar-refractivity contribution in [1.29, 1.82) is 0 Å². The second-order valence-electron chi connectivity index (χ2n) is 2.03. The molecule has 0 spiro atoms. The molecule has 0 aliphatic rings.